The molecule has 0 aliphatic heterocycles. The summed E-state index contributed by atoms with van der Waals surface area (Å²) in [6.45, 7) is 6.15. The van der Waals surface area contributed by atoms with Crippen LogP contribution in [0.4, 0.5) is 11.6 Å². The van der Waals surface area contributed by atoms with Crippen molar-refractivity contribution in [2.45, 2.75) is 26.8 Å². The molecule has 0 fully saturated rings. The smallest absolute Gasteiger partial charge is 0.132 e. The standard InChI is InChI=1S/C15H20N4/c1-10-7-5-6-8-13(10)11(2)17-15-9-14(16-4)18-12(3)19-15/h5-9,11H,1-4H3,(H2,16,17,18,19). The van der Waals surface area contributed by atoms with Crippen LogP contribution in [0.5, 0.6) is 0 Å². The lowest BCUT2D eigenvalue weighted by molar-refractivity contribution is 0.858. The molecule has 1 unspecified atom stereocenters. The van der Waals surface area contributed by atoms with Crippen LogP contribution >= 0.6 is 0 Å². The molecule has 1 aromatic carbocycles. The fraction of sp³-hybridized carbons (Fsp3) is 0.333. The summed E-state index contributed by atoms with van der Waals surface area (Å²) in [5.41, 5.74) is 2.56. The second-order valence-electron chi connectivity index (χ2n) is 4.66. The average Bonchev–Trinajstić information content (AvgIpc) is 2.38. The maximum atomic E-state index is 4.41. The topological polar surface area (TPSA) is 49.8 Å². The summed E-state index contributed by atoms with van der Waals surface area (Å²) in [5.74, 6) is 2.42. The van der Waals surface area contributed by atoms with E-state index in [2.05, 4.69) is 58.7 Å². The molecule has 2 N–H and O–H groups in total. The molecule has 0 saturated carbocycles. The minimum Gasteiger partial charge on any atom is -0.373 e. The van der Waals surface area contributed by atoms with E-state index < -0.39 is 0 Å². The third-order valence-corrected chi connectivity index (χ3v) is 3.11. The minimum atomic E-state index is 0.209. The van der Waals surface area contributed by atoms with E-state index in [4.69, 9.17) is 0 Å². The van der Waals surface area contributed by atoms with Gasteiger partial charge in [0.1, 0.15) is 17.5 Å². The Hall–Kier alpha value is -2.10. The van der Waals surface area contributed by atoms with Gasteiger partial charge in [-0.1, -0.05) is 24.3 Å². The van der Waals surface area contributed by atoms with E-state index in [1.54, 1.807) is 0 Å². The highest BCUT2D eigenvalue weighted by Crippen LogP contribution is 2.21. The predicted molar refractivity (Wildman–Crippen MR) is 79.5 cm³/mol. The highest BCUT2D eigenvalue weighted by molar-refractivity contribution is 5.48. The first-order valence-corrected chi connectivity index (χ1v) is 6.45. The quantitative estimate of drug-likeness (QED) is 0.881. The van der Waals surface area contributed by atoms with Crippen LogP contribution in [-0.4, -0.2) is 17.0 Å². The molecule has 1 aromatic heterocycles. The molecule has 0 spiro atoms. The Morgan fingerprint density at radius 2 is 1.74 bits per heavy atom. The van der Waals surface area contributed by atoms with Gasteiger partial charge in [0.25, 0.3) is 0 Å². The second kappa shape index (κ2) is 5.69. The van der Waals surface area contributed by atoms with Gasteiger partial charge in [-0.15, -0.1) is 0 Å². The van der Waals surface area contributed by atoms with Gasteiger partial charge in [-0.25, -0.2) is 9.97 Å². The van der Waals surface area contributed by atoms with Crippen LogP contribution < -0.4 is 10.6 Å². The summed E-state index contributed by atoms with van der Waals surface area (Å²) < 4.78 is 0. The van der Waals surface area contributed by atoms with Crippen LogP contribution in [0.2, 0.25) is 0 Å². The van der Waals surface area contributed by atoms with Crippen molar-refractivity contribution in [2.75, 3.05) is 17.7 Å². The van der Waals surface area contributed by atoms with Crippen molar-refractivity contribution in [2.24, 2.45) is 0 Å². The van der Waals surface area contributed by atoms with Gasteiger partial charge >= 0.3 is 0 Å². The molecule has 2 rings (SSSR count). The highest BCUT2D eigenvalue weighted by atomic mass is 15.1. The molecule has 0 radical (unpaired) electrons. The molecule has 0 aliphatic carbocycles. The molecule has 0 bridgehead atoms. The molecule has 0 saturated heterocycles. The number of nitrogens with zero attached hydrogens (tertiary/aromatic N) is 2. The van der Waals surface area contributed by atoms with Crippen molar-refractivity contribution < 1.29 is 0 Å². The maximum absolute atomic E-state index is 4.41. The van der Waals surface area contributed by atoms with E-state index in [1.165, 1.54) is 11.1 Å². The van der Waals surface area contributed by atoms with Crippen molar-refractivity contribution in [1.82, 2.24) is 9.97 Å². The van der Waals surface area contributed by atoms with E-state index in [-0.39, 0.29) is 6.04 Å². The van der Waals surface area contributed by atoms with Gasteiger partial charge in [-0.3, -0.25) is 0 Å². The van der Waals surface area contributed by atoms with Gasteiger partial charge in [0.05, 0.1) is 6.04 Å². The Morgan fingerprint density at radius 3 is 2.42 bits per heavy atom. The fourth-order valence-electron chi connectivity index (χ4n) is 2.14. The van der Waals surface area contributed by atoms with Crippen molar-refractivity contribution in [3.8, 4) is 0 Å². The van der Waals surface area contributed by atoms with Gasteiger partial charge in [-0.2, -0.15) is 0 Å². The van der Waals surface area contributed by atoms with Crippen molar-refractivity contribution in [3.63, 3.8) is 0 Å². The first kappa shape index (κ1) is 13.3. The Bertz CT molecular complexity index is 566. The van der Waals surface area contributed by atoms with Gasteiger partial charge in [0.2, 0.25) is 0 Å². The summed E-state index contributed by atoms with van der Waals surface area (Å²) >= 11 is 0. The SMILES string of the molecule is CNc1cc(NC(C)c2ccccc2C)nc(C)n1. The zero-order valence-electron chi connectivity index (χ0n) is 11.9. The van der Waals surface area contributed by atoms with Crippen LogP contribution in [0.15, 0.2) is 30.3 Å². The molecule has 19 heavy (non-hydrogen) atoms. The number of aryl methyl sites for hydroxylation is 2. The van der Waals surface area contributed by atoms with Crippen molar-refractivity contribution >= 4 is 11.6 Å². The molecule has 100 valence electrons. The van der Waals surface area contributed by atoms with Gasteiger partial charge in [0.15, 0.2) is 0 Å². The molecule has 4 nitrogen and oxygen atoms in total. The lowest BCUT2D eigenvalue weighted by Gasteiger charge is -2.17. The van der Waals surface area contributed by atoms with E-state index in [9.17, 15) is 0 Å². The lowest BCUT2D eigenvalue weighted by Crippen LogP contribution is -2.10. The normalized spacial score (nSPS) is 12.0. The number of hydrogen-bond acceptors (Lipinski definition) is 4. The number of aromatic nitrogens is 2. The van der Waals surface area contributed by atoms with Gasteiger partial charge in [-0.05, 0) is 31.9 Å². The van der Waals surface area contributed by atoms with E-state index in [0.717, 1.165) is 17.5 Å². The van der Waals surface area contributed by atoms with Crippen LogP contribution in [-0.2, 0) is 0 Å². The molecule has 0 aliphatic rings. The largest absolute Gasteiger partial charge is 0.373 e. The third-order valence-electron chi connectivity index (χ3n) is 3.11. The molecule has 0 amide bonds. The number of hydrogen-bond donors (Lipinski definition) is 2. The molecule has 1 heterocycles. The van der Waals surface area contributed by atoms with Crippen LogP contribution in [0.3, 0.4) is 0 Å². The third kappa shape index (κ3) is 3.22. The Balaban J connectivity index is 2.21. The second-order valence-corrected chi connectivity index (χ2v) is 4.66. The van der Waals surface area contributed by atoms with Gasteiger partial charge < -0.3 is 10.6 Å². The van der Waals surface area contributed by atoms with Crippen molar-refractivity contribution in [3.05, 3.63) is 47.3 Å². The first-order chi connectivity index (χ1) is 9.10. The summed E-state index contributed by atoms with van der Waals surface area (Å²) in [6, 6.07) is 10.5. The number of nitrogens with one attached hydrogen (secondary N) is 2. The fourth-order valence-corrected chi connectivity index (χ4v) is 2.14. The van der Waals surface area contributed by atoms with Gasteiger partial charge in [0, 0.05) is 13.1 Å². The number of rotatable bonds is 4. The zero-order chi connectivity index (χ0) is 13.8. The zero-order valence-corrected chi connectivity index (χ0v) is 11.9. The summed E-state index contributed by atoms with van der Waals surface area (Å²) in [5, 5.41) is 6.46. The summed E-state index contributed by atoms with van der Waals surface area (Å²) in [7, 11) is 1.86. The number of anilines is 2. The molecular weight excluding hydrogens is 236 g/mol. The molecule has 2 aromatic rings. The van der Waals surface area contributed by atoms with Crippen LogP contribution in [0, 0.1) is 13.8 Å². The predicted octanol–water partition coefficient (Wildman–Crippen LogP) is 3.31. The monoisotopic (exact) mass is 256 g/mol. The highest BCUT2D eigenvalue weighted by Gasteiger charge is 2.09. The summed E-state index contributed by atoms with van der Waals surface area (Å²) in [6.07, 6.45) is 0. The first-order valence-electron chi connectivity index (χ1n) is 6.45. The average molecular weight is 256 g/mol. The number of benzene rings is 1. The maximum Gasteiger partial charge on any atom is 0.132 e. The molecular formula is C15H20N4. The van der Waals surface area contributed by atoms with Crippen LogP contribution in [0.1, 0.15) is 29.9 Å². The minimum absolute atomic E-state index is 0.209. The van der Waals surface area contributed by atoms with Crippen LogP contribution in [0.25, 0.3) is 0 Å². The Kier molecular flexibility index (Phi) is 4.00. The summed E-state index contributed by atoms with van der Waals surface area (Å²) in [4.78, 5) is 8.70. The van der Waals surface area contributed by atoms with E-state index in [1.807, 2.05) is 20.0 Å². The Morgan fingerprint density at radius 1 is 1.05 bits per heavy atom. The Labute approximate surface area is 114 Å². The molecule has 4 heteroatoms. The van der Waals surface area contributed by atoms with E-state index in [0.29, 0.717) is 0 Å². The van der Waals surface area contributed by atoms with E-state index >= 15 is 0 Å². The lowest BCUT2D eigenvalue weighted by atomic mass is 10.0. The van der Waals surface area contributed by atoms with Crippen molar-refractivity contribution in [1.29, 1.82) is 0 Å². The molecule has 1 atom stereocenters.